The van der Waals surface area contributed by atoms with Gasteiger partial charge in [0.25, 0.3) is 0 Å². The van der Waals surface area contributed by atoms with E-state index in [1.165, 1.54) is 0 Å². The van der Waals surface area contributed by atoms with Gasteiger partial charge < -0.3 is 4.90 Å². The Balaban J connectivity index is 2.37. The number of carbonyl (C=O) groups excluding carboxylic acids is 1. The maximum absolute atomic E-state index is 12.0. The van der Waals surface area contributed by atoms with E-state index in [1.54, 1.807) is 0 Å². The molecule has 1 saturated heterocycles. The Morgan fingerprint density at radius 2 is 1.88 bits per heavy atom. The largest absolute Gasteiger partial charge is 0.340 e. The molecule has 0 saturated carbocycles. The van der Waals surface area contributed by atoms with Crippen LogP contribution in [0.15, 0.2) is 0 Å². The molecule has 3 nitrogen and oxygen atoms in total. The molecule has 0 aromatic rings. The predicted molar refractivity (Wildman–Crippen MR) is 67.3 cm³/mol. The summed E-state index contributed by atoms with van der Waals surface area (Å²) in [6, 6.07) is 1.03. The van der Waals surface area contributed by atoms with E-state index in [2.05, 4.69) is 39.5 Å². The van der Waals surface area contributed by atoms with Gasteiger partial charge in [-0.1, -0.05) is 20.8 Å². The first-order valence-corrected chi connectivity index (χ1v) is 6.20. The first-order chi connectivity index (χ1) is 7.20. The molecule has 1 aliphatic rings. The molecule has 1 rings (SSSR count). The van der Waals surface area contributed by atoms with Crippen LogP contribution in [0, 0.1) is 5.41 Å². The lowest BCUT2D eigenvalue weighted by molar-refractivity contribution is -0.137. The van der Waals surface area contributed by atoms with Gasteiger partial charge in [0.05, 0.1) is 6.04 Å². The zero-order chi connectivity index (χ0) is 12.5. The van der Waals surface area contributed by atoms with E-state index in [1.807, 2.05) is 11.9 Å². The van der Waals surface area contributed by atoms with Crippen molar-refractivity contribution in [1.29, 1.82) is 0 Å². The first kappa shape index (κ1) is 13.5. The van der Waals surface area contributed by atoms with Crippen LogP contribution >= 0.6 is 0 Å². The molecular weight excluding hydrogens is 200 g/mol. The number of hydrogen-bond donors (Lipinski definition) is 0. The normalized spacial score (nSPS) is 18.7. The van der Waals surface area contributed by atoms with Gasteiger partial charge in [0, 0.05) is 32.6 Å². The minimum absolute atomic E-state index is 0.0901. The third-order valence-electron chi connectivity index (χ3n) is 3.24. The Hall–Kier alpha value is -0.570. The average molecular weight is 226 g/mol. The minimum atomic E-state index is 0.0901. The van der Waals surface area contributed by atoms with Gasteiger partial charge in [-0.2, -0.15) is 0 Å². The van der Waals surface area contributed by atoms with Crippen molar-refractivity contribution in [3.63, 3.8) is 0 Å². The van der Waals surface area contributed by atoms with Gasteiger partial charge in [-0.25, -0.2) is 0 Å². The number of rotatable bonds is 3. The molecule has 1 amide bonds. The molecule has 0 atom stereocenters. The highest BCUT2D eigenvalue weighted by Gasteiger charge is 2.34. The van der Waals surface area contributed by atoms with E-state index < -0.39 is 0 Å². The van der Waals surface area contributed by atoms with Gasteiger partial charge in [0.1, 0.15) is 0 Å². The number of likely N-dealkylation sites (N-methyl/N-ethyl adjacent to an activating group) is 1. The third kappa shape index (κ3) is 3.48. The monoisotopic (exact) mass is 226 g/mol. The van der Waals surface area contributed by atoms with Crippen LogP contribution < -0.4 is 0 Å². The van der Waals surface area contributed by atoms with Crippen molar-refractivity contribution < 1.29 is 4.79 Å². The van der Waals surface area contributed by atoms with E-state index in [9.17, 15) is 4.79 Å². The highest BCUT2D eigenvalue weighted by molar-refractivity contribution is 5.77. The first-order valence-electron chi connectivity index (χ1n) is 6.20. The molecule has 0 unspecified atom stereocenters. The van der Waals surface area contributed by atoms with Crippen LogP contribution in [-0.2, 0) is 4.79 Å². The van der Waals surface area contributed by atoms with Gasteiger partial charge in [0.15, 0.2) is 0 Å². The number of hydrogen-bond acceptors (Lipinski definition) is 2. The second kappa shape index (κ2) is 4.74. The van der Waals surface area contributed by atoms with Crippen LogP contribution in [0.5, 0.6) is 0 Å². The van der Waals surface area contributed by atoms with Gasteiger partial charge in [-0.05, 0) is 19.3 Å². The van der Waals surface area contributed by atoms with Crippen molar-refractivity contribution in [2.45, 2.75) is 53.1 Å². The number of likely N-dealkylation sites (tertiary alicyclic amines) is 1. The summed E-state index contributed by atoms with van der Waals surface area (Å²) in [7, 11) is 1.94. The Morgan fingerprint density at radius 3 is 2.25 bits per heavy atom. The Bertz CT molecular complexity index is 249. The molecule has 0 N–H and O–H groups in total. The Kier molecular flexibility index (Phi) is 4.00. The Morgan fingerprint density at radius 1 is 1.38 bits per heavy atom. The van der Waals surface area contributed by atoms with Gasteiger partial charge in [-0.15, -0.1) is 0 Å². The van der Waals surface area contributed by atoms with Gasteiger partial charge >= 0.3 is 0 Å². The van der Waals surface area contributed by atoms with Crippen molar-refractivity contribution in [2.24, 2.45) is 5.41 Å². The second-order valence-corrected chi connectivity index (χ2v) is 6.44. The maximum atomic E-state index is 12.0. The summed E-state index contributed by atoms with van der Waals surface area (Å²) in [5.41, 5.74) is 0.0901. The molecule has 94 valence electrons. The summed E-state index contributed by atoms with van der Waals surface area (Å²) in [4.78, 5) is 16.3. The predicted octanol–water partition coefficient (Wildman–Crippen LogP) is 1.97. The van der Waals surface area contributed by atoms with Gasteiger partial charge in [-0.3, -0.25) is 9.69 Å². The van der Waals surface area contributed by atoms with E-state index in [0.717, 1.165) is 13.1 Å². The zero-order valence-electron chi connectivity index (χ0n) is 11.6. The van der Waals surface area contributed by atoms with Crippen molar-refractivity contribution in [2.75, 3.05) is 20.1 Å². The number of amides is 1. The van der Waals surface area contributed by atoms with Crippen LogP contribution in [0.1, 0.15) is 41.0 Å². The highest BCUT2D eigenvalue weighted by Crippen LogP contribution is 2.22. The fourth-order valence-electron chi connectivity index (χ4n) is 1.94. The molecule has 0 bridgehead atoms. The van der Waals surface area contributed by atoms with E-state index >= 15 is 0 Å². The topological polar surface area (TPSA) is 23.6 Å². The highest BCUT2D eigenvalue weighted by atomic mass is 16.2. The second-order valence-electron chi connectivity index (χ2n) is 6.44. The molecule has 0 aromatic heterocycles. The standard InChI is InChI=1S/C13H26N2O/c1-10(2)15-8-11(9-15)14(6)12(16)7-13(3,4)5/h10-11H,7-9H2,1-6H3. The van der Waals surface area contributed by atoms with Crippen LogP contribution in [-0.4, -0.2) is 47.9 Å². The van der Waals surface area contributed by atoms with Crippen molar-refractivity contribution >= 4 is 5.91 Å². The van der Waals surface area contributed by atoms with Crippen LogP contribution in [0.3, 0.4) is 0 Å². The Labute approximate surface area is 99.8 Å². The SMILES string of the molecule is CC(C)N1CC(N(C)C(=O)CC(C)(C)C)C1. The minimum Gasteiger partial charge on any atom is -0.340 e. The third-order valence-corrected chi connectivity index (χ3v) is 3.24. The molecule has 0 aromatic carbocycles. The van der Waals surface area contributed by atoms with E-state index in [4.69, 9.17) is 0 Å². The number of nitrogens with zero attached hydrogens (tertiary/aromatic N) is 2. The van der Waals surface area contributed by atoms with Crippen LogP contribution in [0.4, 0.5) is 0 Å². The van der Waals surface area contributed by atoms with Crippen LogP contribution in [0.25, 0.3) is 0 Å². The maximum Gasteiger partial charge on any atom is 0.223 e. The zero-order valence-corrected chi connectivity index (χ0v) is 11.6. The summed E-state index contributed by atoms with van der Waals surface area (Å²) in [6.07, 6.45) is 0.641. The summed E-state index contributed by atoms with van der Waals surface area (Å²) in [5, 5.41) is 0. The molecule has 3 heteroatoms. The molecule has 16 heavy (non-hydrogen) atoms. The fraction of sp³-hybridized carbons (Fsp3) is 0.923. The summed E-state index contributed by atoms with van der Waals surface area (Å²) in [6.45, 7) is 12.8. The molecule has 1 fully saturated rings. The average Bonchev–Trinajstić information content (AvgIpc) is 1.96. The fourth-order valence-corrected chi connectivity index (χ4v) is 1.94. The quantitative estimate of drug-likeness (QED) is 0.734. The summed E-state index contributed by atoms with van der Waals surface area (Å²) < 4.78 is 0. The summed E-state index contributed by atoms with van der Waals surface area (Å²) >= 11 is 0. The van der Waals surface area contributed by atoms with Crippen molar-refractivity contribution in [3.8, 4) is 0 Å². The lowest BCUT2D eigenvalue weighted by atomic mass is 9.91. The van der Waals surface area contributed by atoms with E-state index in [0.29, 0.717) is 18.5 Å². The molecular formula is C13H26N2O. The lowest BCUT2D eigenvalue weighted by Crippen LogP contribution is -2.61. The van der Waals surface area contributed by atoms with Crippen molar-refractivity contribution in [1.82, 2.24) is 9.80 Å². The number of carbonyl (C=O) groups is 1. The van der Waals surface area contributed by atoms with Gasteiger partial charge in [0.2, 0.25) is 5.91 Å². The van der Waals surface area contributed by atoms with E-state index in [-0.39, 0.29) is 11.3 Å². The van der Waals surface area contributed by atoms with Crippen molar-refractivity contribution in [3.05, 3.63) is 0 Å². The lowest BCUT2D eigenvalue weighted by Gasteiger charge is -2.46. The summed E-state index contributed by atoms with van der Waals surface area (Å²) in [5.74, 6) is 0.279. The molecule has 0 spiro atoms. The van der Waals surface area contributed by atoms with Crippen LogP contribution in [0.2, 0.25) is 0 Å². The molecule has 1 heterocycles. The molecule has 0 radical (unpaired) electrons. The smallest absolute Gasteiger partial charge is 0.223 e. The molecule has 0 aliphatic carbocycles. The molecule has 1 aliphatic heterocycles.